The molecule has 0 spiro atoms. The van der Waals surface area contributed by atoms with Crippen LogP contribution in [0.5, 0.6) is 11.5 Å². The maximum Gasteiger partial charge on any atom is 0.255 e. The van der Waals surface area contributed by atoms with E-state index >= 15 is 0 Å². The number of amides is 1. The Morgan fingerprint density at radius 3 is 2.47 bits per heavy atom. The Hall–Kier alpha value is -4.13. The van der Waals surface area contributed by atoms with E-state index in [0.29, 0.717) is 22.8 Å². The Kier molecular flexibility index (Phi) is 6.17. The van der Waals surface area contributed by atoms with Crippen LogP contribution in [0.25, 0.3) is 16.9 Å². The van der Waals surface area contributed by atoms with Gasteiger partial charge in [-0.05, 0) is 48.9 Å². The SMILES string of the molecule is COc1ccc(-c2nn(-c3ccccc3)cc2C(=O)NC(C)c2cccnc2)cc1OC. The van der Waals surface area contributed by atoms with E-state index in [1.54, 1.807) is 43.6 Å². The molecule has 32 heavy (non-hydrogen) atoms. The number of hydrogen-bond acceptors (Lipinski definition) is 5. The maximum atomic E-state index is 13.3. The molecule has 162 valence electrons. The molecule has 2 aromatic heterocycles. The van der Waals surface area contributed by atoms with Crippen molar-refractivity contribution in [1.82, 2.24) is 20.1 Å². The second-order valence-electron chi connectivity index (χ2n) is 7.22. The van der Waals surface area contributed by atoms with Gasteiger partial charge in [0.2, 0.25) is 0 Å². The minimum atomic E-state index is -0.228. The number of pyridine rings is 1. The van der Waals surface area contributed by atoms with Crippen molar-refractivity contribution in [2.45, 2.75) is 13.0 Å². The number of carbonyl (C=O) groups excluding carboxylic acids is 1. The number of carbonyl (C=O) groups is 1. The molecular weight excluding hydrogens is 404 g/mol. The summed E-state index contributed by atoms with van der Waals surface area (Å²) in [5, 5.41) is 7.78. The first-order valence-electron chi connectivity index (χ1n) is 10.2. The summed E-state index contributed by atoms with van der Waals surface area (Å²) in [7, 11) is 3.16. The van der Waals surface area contributed by atoms with E-state index in [9.17, 15) is 4.79 Å². The molecular formula is C25H24N4O3. The smallest absolute Gasteiger partial charge is 0.255 e. The van der Waals surface area contributed by atoms with Crippen LogP contribution in [-0.4, -0.2) is 34.9 Å². The summed E-state index contributed by atoms with van der Waals surface area (Å²) in [5.41, 5.74) is 3.52. The summed E-state index contributed by atoms with van der Waals surface area (Å²) in [6.45, 7) is 1.92. The van der Waals surface area contributed by atoms with Gasteiger partial charge in [-0.15, -0.1) is 0 Å². The molecule has 7 heteroatoms. The Balaban J connectivity index is 1.75. The predicted molar refractivity (Wildman–Crippen MR) is 122 cm³/mol. The molecule has 0 saturated heterocycles. The van der Waals surface area contributed by atoms with Crippen molar-refractivity contribution in [1.29, 1.82) is 0 Å². The van der Waals surface area contributed by atoms with Crippen molar-refractivity contribution in [3.63, 3.8) is 0 Å². The van der Waals surface area contributed by atoms with Gasteiger partial charge in [0.15, 0.2) is 11.5 Å². The van der Waals surface area contributed by atoms with Crippen molar-refractivity contribution >= 4 is 5.91 Å². The first-order chi connectivity index (χ1) is 15.6. The van der Waals surface area contributed by atoms with E-state index in [1.165, 1.54) is 0 Å². The Bertz CT molecular complexity index is 1210. The Morgan fingerprint density at radius 2 is 1.78 bits per heavy atom. The molecule has 4 rings (SSSR count). The first-order valence-corrected chi connectivity index (χ1v) is 10.2. The van der Waals surface area contributed by atoms with Crippen molar-refractivity contribution in [2.75, 3.05) is 14.2 Å². The van der Waals surface area contributed by atoms with Crippen LogP contribution >= 0.6 is 0 Å². The molecule has 1 amide bonds. The third-order valence-electron chi connectivity index (χ3n) is 5.17. The quantitative estimate of drug-likeness (QED) is 0.471. The number of para-hydroxylation sites is 1. The summed E-state index contributed by atoms with van der Waals surface area (Å²) < 4.78 is 12.5. The number of hydrogen-bond donors (Lipinski definition) is 1. The molecule has 7 nitrogen and oxygen atoms in total. The first kappa shape index (κ1) is 21.1. The van der Waals surface area contributed by atoms with Gasteiger partial charge in [0, 0.05) is 24.2 Å². The Morgan fingerprint density at radius 1 is 1.00 bits per heavy atom. The molecule has 0 aliphatic carbocycles. The third kappa shape index (κ3) is 4.32. The summed E-state index contributed by atoms with van der Waals surface area (Å²) in [6.07, 6.45) is 5.19. The molecule has 1 N–H and O–H groups in total. The number of methoxy groups -OCH3 is 2. The van der Waals surface area contributed by atoms with E-state index in [0.717, 1.165) is 16.8 Å². The molecule has 0 bridgehead atoms. The highest BCUT2D eigenvalue weighted by molar-refractivity contribution is 6.00. The fourth-order valence-corrected chi connectivity index (χ4v) is 3.44. The van der Waals surface area contributed by atoms with Crippen LogP contribution in [0.2, 0.25) is 0 Å². The molecule has 4 aromatic rings. The van der Waals surface area contributed by atoms with E-state index in [-0.39, 0.29) is 11.9 Å². The van der Waals surface area contributed by atoms with E-state index in [2.05, 4.69) is 10.3 Å². The zero-order valence-electron chi connectivity index (χ0n) is 18.1. The van der Waals surface area contributed by atoms with Crippen LogP contribution in [-0.2, 0) is 0 Å². The number of nitrogens with one attached hydrogen (secondary N) is 1. The number of rotatable bonds is 7. The number of benzene rings is 2. The highest BCUT2D eigenvalue weighted by Crippen LogP contribution is 2.33. The fraction of sp³-hybridized carbons (Fsp3) is 0.160. The van der Waals surface area contributed by atoms with Crippen molar-refractivity contribution in [3.8, 4) is 28.4 Å². The minimum Gasteiger partial charge on any atom is -0.493 e. The largest absolute Gasteiger partial charge is 0.493 e. The fourth-order valence-electron chi connectivity index (χ4n) is 3.44. The third-order valence-corrected chi connectivity index (χ3v) is 5.17. The second-order valence-corrected chi connectivity index (χ2v) is 7.22. The normalized spacial score (nSPS) is 11.6. The second kappa shape index (κ2) is 9.34. The topological polar surface area (TPSA) is 78.3 Å². The number of ether oxygens (including phenoxy) is 2. The highest BCUT2D eigenvalue weighted by atomic mass is 16.5. The summed E-state index contributed by atoms with van der Waals surface area (Å²) in [4.78, 5) is 17.4. The standard InChI is InChI=1S/C25H24N4O3/c1-17(19-8-7-13-26-15-19)27-25(30)21-16-29(20-9-5-4-6-10-20)28-24(21)18-11-12-22(31-2)23(14-18)32-3/h4-17H,1-3H3,(H,27,30). The van der Waals surface area contributed by atoms with E-state index in [1.807, 2.05) is 61.5 Å². The van der Waals surface area contributed by atoms with Gasteiger partial charge in [0.05, 0.1) is 31.5 Å². The molecule has 2 heterocycles. The van der Waals surface area contributed by atoms with Crippen molar-refractivity contribution in [2.24, 2.45) is 0 Å². The van der Waals surface area contributed by atoms with E-state index in [4.69, 9.17) is 14.6 Å². The van der Waals surface area contributed by atoms with Gasteiger partial charge in [0.1, 0.15) is 5.69 Å². The van der Waals surface area contributed by atoms with Crippen LogP contribution < -0.4 is 14.8 Å². The Labute approximate surface area is 186 Å². The molecule has 0 radical (unpaired) electrons. The van der Waals surface area contributed by atoms with Gasteiger partial charge >= 0.3 is 0 Å². The molecule has 0 aliphatic rings. The lowest BCUT2D eigenvalue weighted by Gasteiger charge is -2.14. The van der Waals surface area contributed by atoms with Gasteiger partial charge < -0.3 is 14.8 Å². The molecule has 0 fully saturated rings. The van der Waals surface area contributed by atoms with Gasteiger partial charge in [-0.1, -0.05) is 24.3 Å². The summed E-state index contributed by atoms with van der Waals surface area (Å²) in [5.74, 6) is 0.942. The van der Waals surface area contributed by atoms with Gasteiger partial charge in [-0.25, -0.2) is 4.68 Å². The summed E-state index contributed by atoms with van der Waals surface area (Å²) >= 11 is 0. The van der Waals surface area contributed by atoms with Gasteiger partial charge in [-0.3, -0.25) is 9.78 Å². The molecule has 2 aromatic carbocycles. The lowest BCUT2D eigenvalue weighted by molar-refractivity contribution is 0.0940. The lowest BCUT2D eigenvalue weighted by atomic mass is 10.1. The van der Waals surface area contributed by atoms with Crippen LogP contribution in [0, 0.1) is 0 Å². The van der Waals surface area contributed by atoms with Gasteiger partial charge in [0.25, 0.3) is 5.91 Å². The predicted octanol–water partition coefficient (Wildman–Crippen LogP) is 4.44. The lowest BCUT2D eigenvalue weighted by Crippen LogP contribution is -2.26. The van der Waals surface area contributed by atoms with Gasteiger partial charge in [-0.2, -0.15) is 5.10 Å². The summed E-state index contributed by atoms with van der Waals surface area (Å²) in [6, 6.07) is 18.7. The number of nitrogens with zero attached hydrogens (tertiary/aromatic N) is 3. The molecule has 0 saturated carbocycles. The molecule has 1 atom stereocenters. The molecule has 0 aliphatic heterocycles. The minimum absolute atomic E-state index is 0.213. The molecule has 1 unspecified atom stereocenters. The van der Waals surface area contributed by atoms with Crippen LogP contribution in [0.3, 0.4) is 0 Å². The monoisotopic (exact) mass is 428 g/mol. The van der Waals surface area contributed by atoms with E-state index < -0.39 is 0 Å². The zero-order valence-corrected chi connectivity index (χ0v) is 18.1. The van der Waals surface area contributed by atoms with Crippen molar-refractivity contribution < 1.29 is 14.3 Å². The zero-order chi connectivity index (χ0) is 22.5. The average molecular weight is 428 g/mol. The van der Waals surface area contributed by atoms with Crippen LogP contribution in [0.1, 0.15) is 28.9 Å². The van der Waals surface area contributed by atoms with Crippen LogP contribution in [0.4, 0.5) is 0 Å². The number of aromatic nitrogens is 3. The van der Waals surface area contributed by atoms with Crippen LogP contribution in [0.15, 0.2) is 79.3 Å². The highest BCUT2D eigenvalue weighted by Gasteiger charge is 2.21. The average Bonchev–Trinajstić information content (AvgIpc) is 3.30. The van der Waals surface area contributed by atoms with Crippen molar-refractivity contribution in [3.05, 3.63) is 90.4 Å². The maximum absolute atomic E-state index is 13.3.